The van der Waals surface area contributed by atoms with Crippen molar-refractivity contribution in [2.24, 2.45) is 0 Å². The molecule has 0 radical (unpaired) electrons. The molecular weight excluding hydrogens is 190 g/mol. The molecule has 1 unspecified atom stereocenters. The van der Waals surface area contributed by atoms with E-state index in [-0.39, 0.29) is 6.04 Å². The molecule has 1 aromatic rings. The predicted molar refractivity (Wildman–Crippen MR) is 58.5 cm³/mol. The van der Waals surface area contributed by atoms with Gasteiger partial charge in [0.25, 0.3) is 0 Å². The number of hydrogen-bond acceptors (Lipinski definition) is 4. The van der Waals surface area contributed by atoms with Gasteiger partial charge in [-0.1, -0.05) is 6.92 Å². The molecule has 0 amide bonds. The first kappa shape index (κ1) is 11.5. The third-order valence-corrected chi connectivity index (χ3v) is 2.16. The van der Waals surface area contributed by atoms with Gasteiger partial charge in [0.2, 0.25) is 0 Å². The molecule has 0 spiro atoms. The second-order valence-electron chi connectivity index (χ2n) is 3.24. The van der Waals surface area contributed by atoms with Gasteiger partial charge in [-0.3, -0.25) is 4.98 Å². The van der Waals surface area contributed by atoms with Crippen LogP contribution in [0, 0.1) is 11.3 Å². The quantitative estimate of drug-likeness (QED) is 0.796. The minimum Gasteiger partial charge on any atom is -0.383 e. The largest absolute Gasteiger partial charge is 0.383 e. The zero-order valence-corrected chi connectivity index (χ0v) is 9.03. The van der Waals surface area contributed by atoms with Crippen molar-refractivity contribution in [3.63, 3.8) is 0 Å². The van der Waals surface area contributed by atoms with Crippen LogP contribution in [0.15, 0.2) is 18.5 Å². The normalized spacial score (nSPS) is 11.8. The number of ether oxygens (including phenoxy) is 1. The molecule has 1 N–H and O–H groups in total. The highest BCUT2D eigenvalue weighted by Crippen LogP contribution is 2.14. The maximum Gasteiger partial charge on any atom is 0.101 e. The highest BCUT2D eigenvalue weighted by molar-refractivity contribution is 5.55. The third-order valence-electron chi connectivity index (χ3n) is 2.16. The Morgan fingerprint density at radius 2 is 2.47 bits per heavy atom. The van der Waals surface area contributed by atoms with Crippen molar-refractivity contribution in [2.45, 2.75) is 19.4 Å². The van der Waals surface area contributed by atoms with Gasteiger partial charge in [0.05, 0.1) is 24.1 Å². The Balaban J connectivity index is 2.74. The average molecular weight is 205 g/mol. The van der Waals surface area contributed by atoms with Gasteiger partial charge in [0, 0.05) is 19.3 Å². The lowest BCUT2D eigenvalue weighted by atomic mass is 10.2. The predicted octanol–water partition coefficient (Wildman–Crippen LogP) is 1.79. The summed E-state index contributed by atoms with van der Waals surface area (Å²) in [6, 6.07) is 4.03. The first-order valence-corrected chi connectivity index (χ1v) is 4.91. The average Bonchev–Trinajstić information content (AvgIpc) is 2.29. The lowest BCUT2D eigenvalue weighted by Gasteiger charge is -2.17. The van der Waals surface area contributed by atoms with Gasteiger partial charge in [-0.15, -0.1) is 0 Å². The summed E-state index contributed by atoms with van der Waals surface area (Å²) < 4.78 is 5.07. The van der Waals surface area contributed by atoms with Crippen molar-refractivity contribution < 1.29 is 4.74 Å². The van der Waals surface area contributed by atoms with E-state index in [4.69, 9.17) is 10.00 Å². The van der Waals surface area contributed by atoms with E-state index in [9.17, 15) is 0 Å². The number of anilines is 1. The van der Waals surface area contributed by atoms with Crippen LogP contribution < -0.4 is 5.32 Å². The molecule has 0 bridgehead atoms. The van der Waals surface area contributed by atoms with Crippen LogP contribution in [-0.4, -0.2) is 24.7 Å². The van der Waals surface area contributed by atoms with Gasteiger partial charge >= 0.3 is 0 Å². The molecule has 1 aromatic heterocycles. The first-order valence-electron chi connectivity index (χ1n) is 4.91. The highest BCUT2D eigenvalue weighted by atomic mass is 16.5. The maximum atomic E-state index is 8.88. The Bertz CT molecular complexity index is 346. The van der Waals surface area contributed by atoms with E-state index in [1.165, 1.54) is 0 Å². The van der Waals surface area contributed by atoms with Gasteiger partial charge in [-0.2, -0.15) is 5.26 Å². The summed E-state index contributed by atoms with van der Waals surface area (Å²) in [7, 11) is 1.67. The van der Waals surface area contributed by atoms with Gasteiger partial charge in [0.1, 0.15) is 6.07 Å². The van der Waals surface area contributed by atoms with Crippen LogP contribution in [0.3, 0.4) is 0 Å². The van der Waals surface area contributed by atoms with Gasteiger partial charge in [0.15, 0.2) is 0 Å². The molecule has 0 fully saturated rings. The number of nitrogens with zero attached hydrogens (tertiary/aromatic N) is 2. The summed E-state index contributed by atoms with van der Waals surface area (Å²) in [5.41, 5.74) is 1.38. The number of nitrogens with one attached hydrogen (secondary N) is 1. The molecule has 0 saturated heterocycles. The molecule has 1 heterocycles. The first-order chi connectivity index (χ1) is 7.31. The topological polar surface area (TPSA) is 57.9 Å². The van der Waals surface area contributed by atoms with Gasteiger partial charge < -0.3 is 10.1 Å². The van der Waals surface area contributed by atoms with E-state index in [1.54, 1.807) is 25.6 Å². The van der Waals surface area contributed by atoms with E-state index < -0.39 is 0 Å². The molecule has 1 atom stereocenters. The van der Waals surface area contributed by atoms with Crippen molar-refractivity contribution in [1.29, 1.82) is 5.26 Å². The second-order valence-corrected chi connectivity index (χ2v) is 3.24. The summed E-state index contributed by atoms with van der Waals surface area (Å²) in [6.07, 6.45) is 4.21. The molecule has 0 aliphatic carbocycles. The van der Waals surface area contributed by atoms with Gasteiger partial charge in [-0.05, 0) is 12.5 Å². The van der Waals surface area contributed by atoms with Crippen molar-refractivity contribution in [2.75, 3.05) is 19.0 Å². The molecular formula is C11H15N3O. The van der Waals surface area contributed by atoms with Crippen LogP contribution in [0.25, 0.3) is 0 Å². The standard InChI is InChI=1S/C11H15N3O/c1-3-10(8-15-2)14-11-7-13-5-4-9(11)6-12/h4-5,7,10,14H,3,8H2,1-2H3. The van der Waals surface area contributed by atoms with Gasteiger partial charge in [-0.25, -0.2) is 0 Å². The fraction of sp³-hybridized carbons (Fsp3) is 0.455. The van der Waals surface area contributed by atoms with Crippen LogP contribution >= 0.6 is 0 Å². The van der Waals surface area contributed by atoms with E-state index >= 15 is 0 Å². The number of nitriles is 1. The zero-order chi connectivity index (χ0) is 11.1. The Morgan fingerprint density at radius 3 is 3.07 bits per heavy atom. The third kappa shape index (κ3) is 3.22. The monoisotopic (exact) mass is 205 g/mol. The molecule has 4 heteroatoms. The summed E-state index contributed by atoms with van der Waals surface area (Å²) >= 11 is 0. The lowest BCUT2D eigenvalue weighted by molar-refractivity contribution is 0.184. The minimum atomic E-state index is 0.214. The van der Waals surface area contributed by atoms with E-state index in [2.05, 4.69) is 23.3 Å². The van der Waals surface area contributed by atoms with Crippen LogP contribution in [0.2, 0.25) is 0 Å². The number of pyridine rings is 1. The van der Waals surface area contributed by atoms with Crippen LogP contribution in [0.5, 0.6) is 0 Å². The highest BCUT2D eigenvalue weighted by Gasteiger charge is 2.08. The number of aromatic nitrogens is 1. The van der Waals surface area contributed by atoms with Crippen molar-refractivity contribution >= 4 is 5.69 Å². The molecule has 0 aliphatic heterocycles. The van der Waals surface area contributed by atoms with E-state index in [1.807, 2.05) is 0 Å². The number of hydrogen-bond donors (Lipinski definition) is 1. The molecule has 0 saturated carbocycles. The van der Waals surface area contributed by atoms with Crippen molar-refractivity contribution in [1.82, 2.24) is 4.98 Å². The molecule has 15 heavy (non-hydrogen) atoms. The Labute approximate surface area is 89.9 Å². The smallest absolute Gasteiger partial charge is 0.101 e. The Hall–Kier alpha value is -1.60. The Kier molecular flexibility index (Phi) is 4.58. The molecule has 80 valence electrons. The fourth-order valence-corrected chi connectivity index (χ4v) is 1.29. The second kappa shape index (κ2) is 5.99. The molecule has 4 nitrogen and oxygen atoms in total. The summed E-state index contributed by atoms with van der Waals surface area (Å²) in [4.78, 5) is 3.99. The van der Waals surface area contributed by atoms with Crippen molar-refractivity contribution in [3.8, 4) is 6.07 Å². The Morgan fingerprint density at radius 1 is 1.67 bits per heavy atom. The summed E-state index contributed by atoms with van der Waals surface area (Å²) in [5, 5.41) is 12.1. The van der Waals surface area contributed by atoms with Crippen LogP contribution in [0.1, 0.15) is 18.9 Å². The molecule has 0 aromatic carbocycles. The fourth-order valence-electron chi connectivity index (χ4n) is 1.29. The lowest BCUT2D eigenvalue weighted by Crippen LogP contribution is -2.24. The van der Waals surface area contributed by atoms with E-state index in [0.717, 1.165) is 12.1 Å². The maximum absolute atomic E-state index is 8.88. The van der Waals surface area contributed by atoms with E-state index in [0.29, 0.717) is 12.2 Å². The molecule has 1 rings (SSSR count). The van der Waals surface area contributed by atoms with Crippen molar-refractivity contribution in [3.05, 3.63) is 24.0 Å². The molecule has 0 aliphatic rings. The summed E-state index contributed by atoms with van der Waals surface area (Å²) in [6.45, 7) is 2.69. The number of methoxy groups -OCH3 is 1. The van der Waals surface area contributed by atoms with Crippen LogP contribution in [-0.2, 0) is 4.74 Å². The van der Waals surface area contributed by atoms with Crippen LogP contribution in [0.4, 0.5) is 5.69 Å². The SMILES string of the molecule is CCC(COC)Nc1cnccc1C#N. The zero-order valence-electron chi connectivity index (χ0n) is 9.03. The minimum absolute atomic E-state index is 0.214. The summed E-state index contributed by atoms with van der Waals surface area (Å²) in [5.74, 6) is 0. The number of rotatable bonds is 5.